The maximum atomic E-state index is 5.75. The SMILES string of the molecule is CC[NH+]1CC[NH+]([C@@H](c2ccccc2OC)c2nnnn2C2CCCCC2)CC1. The van der Waals surface area contributed by atoms with E-state index in [9.17, 15) is 0 Å². The van der Waals surface area contributed by atoms with E-state index >= 15 is 0 Å². The summed E-state index contributed by atoms with van der Waals surface area (Å²) in [6, 6.07) is 8.94. The first-order valence-corrected chi connectivity index (χ1v) is 10.9. The fourth-order valence-electron chi connectivity index (χ4n) is 4.99. The van der Waals surface area contributed by atoms with Gasteiger partial charge >= 0.3 is 0 Å². The Balaban J connectivity index is 1.71. The Hall–Kier alpha value is -1.99. The largest absolute Gasteiger partial charge is 0.496 e. The molecule has 2 aromatic rings. The van der Waals surface area contributed by atoms with Crippen molar-refractivity contribution in [3.8, 4) is 5.75 Å². The van der Waals surface area contributed by atoms with E-state index in [2.05, 4.69) is 45.3 Å². The van der Waals surface area contributed by atoms with Crippen molar-refractivity contribution in [3.05, 3.63) is 35.7 Å². The second-order valence-electron chi connectivity index (χ2n) is 8.21. The lowest BCUT2D eigenvalue weighted by Crippen LogP contribution is -3.28. The number of methoxy groups -OCH3 is 1. The van der Waals surface area contributed by atoms with Crippen LogP contribution in [0.3, 0.4) is 0 Å². The third-order valence-electron chi connectivity index (χ3n) is 6.65. The van der Waals surface area contributed by atoms with Crippen molar-refractivity contribution in [2.75, 3.05) is 39.8 Å². The molecular weight excluding hydrogens is 352 g/mol. The zero-order valence-electron chi connectivity index (χ0n) is 17.2. The molecule has 28 heavy (non-hydrogen) atoms. The van der Waals surface area contributed by atoms with Crippen LogP contribution in [0.25, 0.3) is 0 Å². The van der Waals surface area contributed by atoms with Gasteiger partial charge in [-0.3, -0.25) is 0 Å². The van der Waals surface area contributed by atoms with Gasteiger partial charge in [0.2, 0.25) is 5.82 Å². The van der Waals surface area contributed by atoms with E-state index in [1.54, 1.807) is 16.9 Å². The lowest BCUT2D eigenvalue weighted by molar-refractivity contribution is -1.02. The van der Waals surface area contributed by atoms with Gasteiger partial charge in [0.1, 0.15) is 31.9 Å². The highest BCUT2D eigenvalue weighted by Crippen LogP contribution is 2.32. The van der Waals surface area contributed by atoms with Crippen LogP contribution < -0.4 is 14.5 Å². The van der Waals surface area contributed by atoms with E-state index < -0.39 is 0 Å². The minimum absolute atomic E-state index is 0.117. The fourth-order valence-corrected chi connectivity index (χ4v) is 4.99. The van der Waals surface area contributed by atoms with Crippen molar-refractivity contribution in [2.45, 2.75) is 51.1 Å². The molecule has 7 heteroatoms. The average Bonchev–Trinajstić information content (AvgIpc) is 3.25. The molecule has 1 saturated carbocycles. The summed E-state index contributed by atoms with van der Waals surface area (Å²) >= 11 is 0. The van der Waals surface area contributed by atoms with Gasteiger partial charge in [-0.1, -0.05) is 31.4 Å². The van der Waals surface area contributed by atoms with Gasteiger partial charge in [-0.25, -0.2) is 4.68 Å². The molecule has 7 nitrogen and oxygen atoms in total. The summed E-state index contributed by atoms with van der Waals surface area (Å²) < 4.78 is 7.89. The predicted molar refractivity (Wildman–Crippen MR) is 107 cm³/mol. The first-order valence-electron chi connectivity index (χ1n) is 10.9. The number of quaternary nitrogens is 2. The fraction of sp³-hybridized carbons (Fsp3) is 0.667. The summed E-state index contributed by atoms with van der Waals surface area (Å²) in [5.74, 6) is 1.94. The van der Waals surface area contributed by atoms with Gasteiger partial charge in [0.25, 0.3) is 0 Å². The van der Waals surface area contributed by atoms with Gasteiger partial charge < -0.3 is 14.5 Å². The molecule has 0 bridgehead atoms. The van der Waals surface area contributed by atoms with E-state index in [1.807, 2.05) is 6.07 Å². The number of hydrogen-bond donors (Lipinski definition) is 2. The minimum atomic E-state index is 0.117. The van der Waals surface area contributed by atoms with Crippen LogP contribution in [0, 0.1) is 0 Å². The molecule has 2 N–H and O–H groups in total. The summed E-state index contributed by atoms with van der Waals surface area (Å²) in [5, 5.41) is 13.2. The summed E-state index contributed by atoms with van der Waals surface area (Å²) in [6.07, 6.45) is 6.24. The predicted octanol–water partition coefficient (Wildman–Crippen LogP) is 0.0796. The quantitative estimate of drug-likeness (QED) is 0.738. The number of aromatic nitrogens is 4. The Morgan fingerprint density at radius 2 is 1.86 bits per heavy atom. The number of tetrazole rings is 1. The zero-order valence-corrected chi connectivity index (χ0v) is 17.2. The molecule has 1 atom stereocenters. The van der Waals surface area contributed by atoms with Gasteiger partial charge in [-0.2, -0.15) is 0 Å². The van der Waals surface area contributed by atoms with Crippen molar-refractivity contribution < 1.29 is 14.5 Å². The third-order valence-corrected chi connectivity index (χ3v) is 6.65. The number of nitrogens with one attached hydrogen (secondary N) is 2. The second kappa shape index (κ2) is 9.01. The molecule has 2 aliphatic rings. The number of likely N-dealkylation sites (N-methyl/N-ethyl adjacent to an activating group) is 1. The molecule has 1 aromatic carbocycles. The normalized spacial score (nSPS) is 24.8. The number of ether oxygens (including phenoxy) is 1. The number of benzene rings is 1. The molecule has 1 saturated heterocycles. The second-order valence-corrected chi connectivity index (χ2v) is 8.21. The molecule has 1 aliphatic heterocycles. The van der Waals surface area contributed by atoms with Crippen molar-refractivity contribution in [1.82, 2.24) is 20.2 Å². The molecule has 0 unspecified atom stereocenters. The van der Waals surface area contributed by atoms with Crippen LogP contribution in [-0.4, -0.2) is 60.0 Å². The summed E-state index contributed by atoms with van der Waals surface area (Å²) in [7, 11) is 1.76. The topological polar surface area (TPSA) is 61.7 Å². The third kappa shape index (κ3) is 3.91. The Morgan fingerprint density at radius 1 is 1.11 bits per heavy atom. The molecule has 4 rings (SSSR count). The Kier molecular flexibility index (Phi) is 6.22. The van der Waals surface area contributed by atoms with E-state index in [0.717, 1.165) is 24.7 Å². The van der Waals surface area contributed by atoms with Gasteiger partial charge in [-0.05, 0) is 42.3 Å². The molecule has 0 radical (unpaired) electrons. The van der Waals surface area contributed by atoms with Gasteiger partial charge in [0.05, 0.1) is 25.3 Å². The van der Waals surface area contributed by atoms with Crippen LogP contribution in [0.15, 0.2) is 24.3 Å². The van der Waals surface area contributed by atoms with E-state index in [0.29, 0.717) is 6.04 Å². The summed E-state index contributed by atoms with van der Waals surface area (Å²) in [5.41, 5.74) is 1.20. The van der Waals surface area contributed by atoms with Crippen LogP contribution in [0.2, 0.25) is 0 Å². The van der Waals surface area contributed by atoms with Crippen LogP contribution >= 0.6 is 0 Å². The van der Waals surface area contributed by atoms with Gasteiger partial charge in [-0.15, -0.1) is 5.10 Å². The van der Waals surface area contributed by atoms with Gasteiger partial charge in [0.15, 0.2) is 6.04 Å². The standard InChI is InChI=1S/C21H32N6O/c1-3-25-13-15-26(16-14-25)20(18-11-7-8-12-19(18)28-2)21-22-23-24-27(21)17-9-5-4-6-10-17/h7-8,11-12,17,20H,3-6,9-10,13-16H2,1-2H3/p+2/t20-/m0/s1. The highest BCUT2D eigenvalue weighted by molar-refractivity contribution is 5.37. The smallest absolute Gasteiger partial charge is 0.214 e. The first kappa shape index (κ1) is 19.3. The highest BCUT2D eigenvalue weighted by atomic mass is 16.5. The van der Waals surface area contributed by atoms with Gasteiger partial charge in [0, 0.05) is 0 Å². The van der Waals surface area contributed by atoms with Crippen LogP contribution in [0.4, 0.5) is 0 Å². The Morgan fingerprint density at radius 3 is 2.57 bits per heavy atom. The maximum Gasteiger partial charge on any atom is 0.214 e. The Bertz CT molecular complexity index is 749. The van der Waals surface area contributed by atoms with Crippen molar-refractivity contribution in [3.63, 3.8) is 0 Å². The van der Waals surface area contributed by atoms with Crippen LogP contribution in [0.1, 0.15) is 62.5 Å². The van der Waals surface area contributed by atoms with Crippen molar-refractivity contribution in [2.24, 2.45) is 0 Å². The highest BCUT2D eigenvalue weighted by Gasteiger charge is 2.38. The molecule has 2 fully saturated rings. The molecule has 0 spiro atoms. The first-order chi connectivity index (χ1) is 13.8. The molecule has 1 aromatic heterocycles. The van der Waals surface area contributed by atoms with Crippen LogP contribution in [0.5, 0.6) is 5.75 Å². The van der Waals surface area contributed by atoms with Crippen molar-refractivity contribution >= 4 is 0 Å². The molecular formula is C21H34N6O+2. The number of rotatable bonds is 6. The molecule has 2 heterocycles. The minimum Gasteiger partial charge on any atom is -0.496 e. The lowest BCUT2D eigenvalue weighted by atomic mass is 9.95. The molecule has 0 amide bonds. The van der Waals surface area contributed by atoms with E-state index in [4.69, 9.17) is 4.74 Å². The lowest BCUT2D eigenvalue weighted by Gasteiger charge is -2.35. The molecule has 1 aliphatic carbocycles. The number of piperazine rings is 1. The van der Waals surface area contributed by atoms with E-state index in [1.165, 1.54) is 57.3 Å². The Labute approximate surface area is 167 Å². The number of nitrogens with zero attached hydrogens (tertiary/aromatic N) is 4. The number of para-hydroxylation sites is 1. The zero-order chi connectivity index (χ0) is 19.3. The van der Waals surface area contributed by atoms with Crippen molar-refractivity contribution in [1.29, 1.82) is 0 Å². The average molecular weight is 387 g/mol. The number of hydrogen-bond acceptors (Lipinski definition) is 4. The summed E-state index contributed by atoms with van der Waals surface area (Å²) in [6.45, 7) is 8.13. The van der Waals surface area contributed by atoms with E-state index in [-0.39, 0.29) is 6.04 Å². The maximum absolute atomic E-state index is 5.75. The summed E-state index contributed by atoms with van der Waals surface area (Å²) in [4.78, 5) is 3.24. The van der Waals surface area contributed by atoms with Crippen LogP contribution in [-0.2, 0) is 0 Å². The monoisotopic (exact) mass is 386 g/mol. The molecule has 152 valence electrons.